The summed E-state index contributed by atoms with van der Waals surface area (Å²) in [4.78, 5) is 16.5. The summed E-state index contributed by atoms with van der Waals surface area (Å²) in [6.45, 7) is 12.0. The van der Waals surface area contributed by atoms with Crippen molar-refractivity contribution in [1.82, 2.24) is 4.98 Å². The number of hydrogen-bond donors (Lipinski definition) is 2. The number of carbonyl (C=O) groups excluding carboxylic acids is 1. The van der Waals surface area contributed by atoms with Gasteiger partial charge >= 0.3 is 0 Å². The fourth-order valence-electron chi connectivity index (χ4n) is 2.85. The highest BCUT2D eigenvalue weighted by Crippen LogP contribution is 2.68. The fourth-order valence-corrected chi connectivity index (χ4v) is 2.85. The summed E-state index contributed by atoms with van der Waals surface area (Å²) in [5.74, 6) is 1.08. The predicted molar refractivity (Wildman–Crippen MR) is 85.7 cm³/mol. The first-order chi connectivity index (χ1) is 9.95. The van der Waals surface area contributed by atoms with Gasteiger partial charge in [0.05, 0.1) is 11.8 Å². The lowest BCUT2D eigenvalue weighted by Gasteiger charge is -2.17. The van der Waals surface area contributed by atoms with Crippen molar-refractivity contribution in [3.8, 4) is 5.75 Å². The molecule has 1 saturated carbocycles. The normalized spacial score (nSPS) is 19.6. The molecule has 2 rings (SSSR count). The second-order valence-corrected chi connectivity index (χ2v) is 7.85. The first kappa shape index (κ1) is 16.7. The number of carbonyl (C=O) groups is 1. The number of aromatic nitrogens is 1. The minimum atomic E-state index is -0.893. The molecule has 0 spiro atoms. The van der Waals surface area contributed by atoms with Gasteiger partial charge in [-0.2, -0.15) is 0 Å². The number of hydrogen-bond acceptors (Lipinski definition) is 4. The van der Waals surface area contributed by atoms with E-state index in [9.17, 15) is 9.90 Å². The zero-order chi connectivity index (χ0) is 16.8. The summed E-state index contributed by atoms with van der Waals surface area (Å²) < 4.78 is 5.43. The number of nitrogens with zero attached hydrogens (tertiary/aromatic N) is 1. The largest absolute Gasteiger partial charge is 0.489 e. The maximum absolute atomic E-state index is 12.3. The van der Waals surface area contributed by atoms with Crippen LogP contribution in [0.2, 0.25) is 0 Å². The molecule has 1 aromatic rings. The molecule has 0 aromatic carbocycles. The van der Waals surface area contributed by atoms with Crippen LogP contribution in [0.5, 0.6) is 5.75 Å². The molecule has 0 bridgehead atoms. The Balaban J connectivity index is 1.94. The van der Waals surface area contributed by atoms with E-state index in [-0.39, 0.29) is 29.3 Å². The summed E-state index contributed by atoms with van der Waals surface area (Å²) in [7, 11) is 0. The predicted octanol–water partition coefficient (Wildman–Crippen LogP) is 2.85. The zero-order valence-corrected chi connectivity index (χ0v) is 14.2. The SMILES string of the molecule is CC(C)(O)COc1ccc(NC(=O)C2C(C)(C)C2(C)C)nc1. The van der Waals surface area contributed by atoms with Gasteiger partial charge in [-0.05, 0) is 36.8 Å². The first-order valence-electron chi connectivity index (χ1n) is 7.57. The number of anilines is 1. The summed E-state index contributed by atoms with van der Waals surface area (Å²) in [6.07, 6.45) is 1.55. The molecule has 1 aliphatic carbocycles. The lowest BCUT2D eigenvalue weighted by atomic mass is 10.0. The van der Waals surface area contributed by atoms with Crippen molar-refractivity contribution in [2.75, 3.05) is 11.9 Å². The second-order valence-electron chi connectivity index (χ2n) is 7.85. The standard InChI is InChI=1S/C17H26N2O3/c1-15(2,21)10-22-11-7-8-12(18-9-11)19-14(20)13-16(3,4)17(13,5)6/h7-9,13,21H,10H2,1-6H3,(H,18,19,20). The molecular weight excluding hydrogens is 280 g/mol. The number of nitrogens with one attached hydrogen (secondary N) is 1. The van der Waals surface area contributed by atoms with E-state index >= 15 is 0 Å². The van der Waals surface area contributed by atoms with E-state index in [4.69, 9.17) is 4.74 Å². The van der Waals surface area contributed by atoms with Crippen LogP contribution in [0.25, 0.3) is 0 Å². The zero-order valence-electron chi connectivity index (χ0n) is 14.2. The molecule has 2 N–H and O–H groups in total. The number of aliphatic hydroxyl groups is 1. The van der Waals surface area contributed by atoms with Crippen LogP contribution in [0.4, 0.5) is 5.82 Å². The van der Waals surface area contributed by atoms with Crippen LogP contribution in [-0.4, -0.2) is 28.2 Å². The van der Waals surface area contributed by atoms with Gasteiger partial charge in [0.15, 0.2) is 0 Å². The maximum atomic E-state index is 12.3. The van der Waals surface area contributed by atoms with Gasteiger partial charge in [-0.1, -0.05) is 27.7 Å². The van der Waals surface area contributed by atoms with Gasteiger partial charge in [0, 0.05) is 5.92 Å². The minimum Gasteiger partial charge on any atom is -0.489 e. The lowest BCUT2D eigenvalue weighted by molar-refractivity contribution is -0.118. The molecule has 122 valence electrons. The highest BCUT2D eigenvalue weighted by Gasteiger charge is 2.68. The van der Waals surface area contributed by atoms with Gasteiger partial charge in [-0.3, -0.25) is 4.79 Å². The van der Waals surface area contributed by atoms with Crippen LogP contribution in [-0.2, 0) is 4.79 Å². The van der Waals surface area contributed by atoms with Crippen LogP contribution < -0.4 is 10.1 Å². The van der Waals surface area contributed by atoms with E-state index in [2.05, 4.69) is 38.0 Å². The van der Waals surface area contributed by atoms with Crippen molar-refractivity contribution in [3.63, 3.8) is 0 Å². The highest BCUT2D eigenvalue weighted by atomic mass is 16.5. The highest BCUT2D eigenvalue weighted by molar-refractivity contribution is 5.95. The maximum Gasteiger partial charge on any atom is 0.229 e. The van der Waals surface area contributed by atoms with E-state index in [1.165, 1.54) is 0 Å². The Bertz CT molecular complexity index is 542. The van der Waals surface area contributed by atoms with Crippen LogP contribution in [0.3, 0.4) is 0 Å². The Morgan fingerprint density at radius 1 is 1.32 bits per heavy atom. The van der Waals surface area contributed by atoms with E-state index in [0.717, 1.165) is 0 Å². The summed E-state index contributed by atoms with van der Waals surface area (Å²) in [5.41, 5.74) is -0.879. The van der Waals surface area contributed by atoms with Crippen molar-refractivity contribution in [2.45, 2.75) is 47.1 Å². The number of ether oxygens (including phenoxy) is 1. The molecule has 0 unspecified atom stereocenters. The quantitative estimate of drug-likeness (QED) is 0.877. The molecule has 1 aromatic heterocycles. The van der Waals surface area contributed by atoms with Gasteiger partial charge in [0.25, 0.3) is 0 Å². The van der Waals surface area contributed by atoms with Crippen molar-refractivity contribution in [3.05, 3.63) is 18.3 Å². The molecular formula is C17H26N2O3. The Hall–Kier alpha value is -1.62. The molecule has 1 aliphatic rings. The molecule has 22 heavy (non-hydrogen) atoms. The van der Waals surface area contributed by atoms with E-state index < -0.39 is 5.60 Å². The molecule has 1 heterocycles. The molecule has 0 atom stereocenters. The monoisotopic (exact) mass is 306 g/mol. The third-order valence-electron chi connectivity index (χ3n) is 4.86. The minimum absolute atomic E-state index is 0.00656. The smallest absolute Gasteiger partial charge is 0.229 e. The van der Waals surface area contributed by atoms with Gasteiger partial charge in [-0.25, -0.2) is 4.98 Å². The Kier molecular flexibility index (Phi) is 3.98. The fraction of sp³-hybridized carbons (Fsp3) is 0.647. The van der Waals surface area contributed by atoms with Crippen LogP contribution in [0, 0.1) is 16.7 Å². The Morgan fingerprint density at radius 3 is 2.32 bits per heavy atom. The number of amides is 1. The van der Waals surface area contributed by atoms with Gasteiger partial charge < -0.3 is 15.2 Å². The molecule has 0 aliphatic heterocycles. The van der Waals surface area contributed by atoms with Crippen molar-refractivity contribution < 1.29 is 14.6 Å². The van der Waals surface area contributed by atoms with Crippen LogP contribution in [0.15, 0.2) is 18.3 Å². The molecule has 0 radical (unpaired) electrons. The van der Waals surface area contributed by atoms with E-state index in [0.29, 0.717) is 11.6 Å². The molecule has 1 fully saturated rings. The topological polar surface area (TPSA) is 71.5 Å². The van der Waals surface area contributed by atoms with Gasteiger partial charge in [-0.15, -0.1) is 0 Å². The molecule has 5 heteroatoms. The third-order valence-corrected chi connectivity index (χ3v) is 4.86. The van der Waals surface area contributed by atoms with Crippen LogP contribution >= 0.6 is 0 Å². The van der Waals surface area contributed by atoms with Crippen molar-refractivity contribution in [1.29, 1.82) is 0 Å². The first-order valence-corrected chi connectivity index (χ1v) is 7.57. The number of pyridine rings is 1. The van der Waals surface area contributed by atoms with Gasteiger partial charge in [0.2, 0.25) is 5.91 Å². The Morgan fingerprint density at radius 2 is 1.91 bits per heavy atom. The van der Waals surface area contributed by atoms with Gasteiger partial charge in [0.1, 0.15) is 18.2 Å². The second kappa shape index (κ2) is 5.23. The molecule has 5 nitrogen and oxygen atoms in total. The molecule has 1 amide bonds. The third kappa shape index (κ3) is 3.24. The lowest BCUT2D eigenvalue weighted by Crippen LogP contribution is -2.27. The van der Waals surface area contributed by atoms with E-state index in [1.54, 1.807) is 32.2 Å². The summed E-state index contributed by atoms with van der Waals surface area (Å²) in [5, 5.41) is 12.5. The average molecular weight is 306 g/mol. The summed E-state index contributed by atoms with van der Waals surface area (Å²) in [6, 6.07) is 3.44. The number of rotatable bonds is 5. The Labute approximate surface area is 132 Å². The van der Waals surface area contributed by atoms with Crippen LogP contribution in [0.1, 0.15) is 41.5 Å². The average Bonchev–Trinajstić information content (AvgIpc) is 2.78. The van der Waals surface area contributed by atoms with Crippen molar-refractivity contribution in [2.24, 2.45) is 16.7 Å². The summed E-state index contributed by atoms with van der Waals surface area (Å²) >= 11 is 0. The van der Waals surface area contributed by atoms with Crippen molar-refractivity contribution >= 4 is 11.7 Å². The molecule has 0 saturated heterocycles. The van der Waals surface area contributed by atoms with E-state index in [1.807, 2.05) is 0 Å².